The number of carbonyl (C=O) groups is 1. The predicted octanol–water partition coefficient (Wildman–Crippen LogP) is 3.95. The molecule has 5 heteroatoms. The SMILES string of the molecule is Cc1cccc(NC(=O)NCC(O)c2cccc(OC(C)C)c2)c1C. The van der Waals surface area contributed by atoms with Crippen molar-refractivity contribution in [2.24, 2.45) is 0 Å². The van der Waals surface area contributed by atoms with Crippen LogP contribution in [-0.2, 0) is 0 Å². The van der Waals surface area contributed by atoms with Gasteiger partial charge in [0.2, 0.25) is 0 Å². The van der Waals surface area contributed by atoms with Crippen LogP contribution >= 0.6 is 0 Å². The summed E-state index contributed by atoms with van der Waals surface area (Å²) in [6, 6.07) is 12.7. The van der Waals surface area contributed by atoms with E-state index in [1.807, 2.05) is 64.1 Å². The van der Waals surface area contributed by atoms with E-state index in [0.29, 0.717) is 11.3 Å². The molecule has 1 unspecified atom stereocenters. The predicted molar refractivity (Wildman–Crippen MR) is 100 cm³/mol. The van der Waals surface area contributed by atoms with E-state index >= 15 is 0 Å². The molecule has 0 fully saturated rings. The van der Waals surface area contributed by atoms with Crippen LogP contribution in [0.5, 0.6) is 5.75 Å². The summed E-state index contributed by atoms with van der Waals surface area (Å²) in [5.41, 5.74) is 3.60. The second-order valence-corrected chi connectivity index (χ2v) is 6.34. The summed E-state index contributed by atoms with van der Waals surface area (Å²) in [6.07, 6.45) is -0.742. The monoisotopic (exact) mass is 342 g/mol. The van der Waals surface area contributed by atoms with Crippen LogP contribution in [-0.4, -0.2) is 23.8 Å². The number of anilines is 1. The highest BCUT2D eigenvalue weighted by molar-refractivity contribution is 5.90. The van der Waals surface area contributed by atoms with Crippen LogP contribution in [0.15, 0.2) is 42.5 Å². The number of benzene rings is 2. The van der Waals surface area contributed by atoms with Gasteiger partial charge in [-0.1, -0.05) is 24.3 Å². The molecular formula is C20H26N2O3. The maximum absolute atomic E-state index is 12.1. The molecule has 25 heavy (non-hydrogen) atoms. The number of aryl methyl sites for hydroxylation is 1. The maximum Gasteiger partial charge on any atom is 0.319 e. The highest BCUT2D eigenvalue weighted by atomic mass is 16.5. The van der Waals surface area contributed by atoms with Crippen molar-refractivity contribution >= 4 is 11.7 Å². The lowest BCUT2D eigenvalue weighted by Crippen LogP contribution is -2.32. The number of rotatable bonds is 6. The number of aliphatic hydroxyl groups excluding tert-OH is 1. The van der Waals surface area contributed by atoms with Gasteiger partial charge in [-0.2, -0.15) is 0 Å². The Balaban J connectivity index is 1.92. The van der Waals surface area contributed by atoms with E-state index in [4.69, 9.17) is 4.74 Å². The topological polar surface area (TPSA) is 70.6 Å². The van der Waals surface area contributed by atoms with Crippen LogP contribution in [0.1, 0.15) is 36.6 Å². The van der Waals surface area contributed by atoms with E-state index in [0.717, 1.165) is 16.8 Å². The van der Waals surface area contributed by atoms with Crippen molar-refractivity contribution in [1.82, 2.24) is 5.32 Å². The van der Waals surface area contributed by atoms with Crippen molar-refractivity contribution in [1.29, 1.82) is 0 Å². The molecule has 134 valence electrons. The minimum absolute atomic E-state index is 0.0638. The van der Waals surface area contributed by atoms with Crippen molar-refractivity contribution in [3.8, 4) is 5.75 Å². The zero-order valence-electron chi connectivity index (χ0n) is 15.2. The van der Waals surface area contributed by atoms with E-state index in [1.165, 1.54) is 0 Å². The third-order valence-electron chi connectivity index (χ3n) is 3.92. The average molecular weight is 342 g/mol. The molecule has 0 spiro atoms. The Hall–Kier alpha value is -2.53. The number of aliphatic hydroxyl groups is 1. The fourth-order valence-corrected chi connectivity index (χ4v) is 2.43. The Labute approximate surface area is 149 Å². The molecule has 0 aromatic heterocycles. The molecule has 0 saturated carbocycles. The first-order valence-corrected chi connectivity index (χ1v) is 8.42. The smallest absolute Gasteiger partial charge is 0.319 e. The summed E-state index contributed by atoms with van der Waals surface area (Å²) in [5, 5.41) is 15.8. The summed E-state index contributed by atoms with van der Waals surface area (Å²) in [4.78, 5) is 12.1. The van der Waals surface area contributed by atoms with Gasteiger partial charge in [0.1, 0.15) is 5.75 Å². The van der Waals surface area contributed by atoms with Gasteiger partial charge in [-0.15, -0.1) is 0 Å². The fourth-order valence-electron chi connectivity index (χ4n) is 2.43. The number of urea groups is 1. The van der Waals surface area contributed by atoms with E-state index in [9.17, 15) is 9.90 Å². The summed E-state index contributed by atoms with van der Waals surface area (Å²) in [6.45, 7) is 7.96. The molecule has 3 N–H and O–H groups in total. The molecule has 0 radical (unpaired) electrons. The van der Waals surface area contributed by atoms with Gasteiger partial charge < -0.3 is 20.5 Å². The lowest BCUT2D eigenvalue weighted by molar-refractivity contribution is 0.174. The highest BCUT2D eigenvalue weighted by Gasteiger charge is 2.12. The fraction of sp³-hybridized carbons (Fsp3) is 0.350. The largest absolute Gasteiger partial charge is 0.491 e. The first-order chi connectivity index (χ1) is 11.9. The van der Waals surface area contributed by atoms with Gasteiger partial charge in [0.15, 0.2) is 0 Å². The maximum atomic E-state index is 12.1. The molecule has 0 saturated heterocycles. The average Bonchev–Trinajstić information content (AvgIpc) is 2.56. The number of hydrogen-bond acceptors (Lipinski definition) is 3. The number of carbonyl (C=O) groups excluding carboxylic acids is 1. The van der Waals surface area contributed by atoms with Crippen LogP contribution in [0.3, 0.4) is 0 Å². The molecular weight excluding hydrogens is 316 g/mol. The molecule has 0 bridgehead atoms. The second kappa shape index (κ2) is 8.53. The second-order valence-electron chi connectivity index (χ2n) is 6.34. The molecule has 2 rings (SSSR count). The standard InChI is InChI=1S/C20H26N2O3/c1-13(2)25-17-9-6-8-16(11-17)19(23)12-21-20(24)22-18-10-5-7-14(3)15(18)4/h5-11,13,19,23H,12H2,1-4H3,(H2,21,22,24). The minimum Gasteiger partial charge on any atom is -0.491 e. The molecule has 5 nitrogen and oxygen atoms in total. The Morgan fingerprint density at radius 3 is 2.60 bits per heavy atom. The lowest BCUT2D eigenvalue weighted by atomic mass is 10.1. The van der Waals surface area contributed by atoms with Crippen molar-refractivity contribution in [3.63, 3.8) is 0 Å². The first-order valence-electron chi connectivity index (χ1n) is 8.42. The van der Waals surface area contributed by atoms with Crippen molar-refractivity contribution in [3.05, 3.63) is 59.2 Å². The van der Waals surface area contributed by atoms with Crippen molar-refractivity contribution < 1.29 is 14.6 Å². The Bertz CT molecular complexity index is 729. The lowest BCUT2D eigenvalue weighted by Gasteiger charge is -2.16. The van der Waals surface area contributed by atoms with Crippen LogP contribution in [0, 0.1) is 13.8 Å². The Morgan fingerprint density at radius 2 is 1.88 bits per heavy atom. The van der Waals surface area contributed by atoms with Crippen LogP contribution in [0.4, 0.5) is 10.5 Å². The third kappa shape index (κ3) is 5.50. The van der Waals surface area contributed by atoms with E-state index in [2.05, 4.69) is 10.6 Å². The minimum atomic E-state index is -0.805. The zero-order chi connectivity index (χ0) is 18.4. The van der Waals surface area contributed by atoms with Crippen LogP contribution in [0.2, 0.25) is 0 Å². The molecule has 0 aliphatic carbocycles. The van der Waals surface area contributed by atoms with E-state index in [-0.39, 0.29) is 18.7 Å². The molecule has 2 amide bonds. The third-order valence-corrected chi connectivity index (χ3v) is 3.92. The van der Waals surface area contributed by atoms with Gasteiger partial charge in [-0.25, -0.2) is 4.79 Å². The number of amides is 2. The quantitative estimate of drug-likeness (QED) is 0.744. The number of ether oxygens (including phenoxy) is 1. The first kappa shape index (κ1) is 18.8. The Kier molecular flexibility index (Phi) is 6.42. The van der Waals surface area contributed by atoms with Gasteiger partial charge in [-0.3, -0.25) is 0 Å². The summed E-state index contributed by atoms with van der Waals surface area (Å²) in [7, 11) is 0. The number of hydrogen-bond donors (Lipinski definition) is 3. The molecule has 2 aromatic carbocycles. The highest BCUT2D eigenvalue weighted by Crippen LogP contribution is 2.20. The molecule has 0 aliphatic heterocycles. The normalized spacial score (nSPS) is 11.9. The van der Waals surface area contributed by atoms with Crippen LogP contribution < -0.4 is 15.4 Å². The van der Waals surface area contributed by atoms with Crippen LogP contribution in [0.25, 0.3) is 0 Å². The molecule has 0 heterocycles. The van der Waals surface area contributed by atoms with E-state index < -0.39 is 6.10 Å². The van der Waals surface area contributed by atoms with E-state index in [1.54, 1.807) is 6.07 Å². The van der Waals surface area contributed by atoms with Gasteiger partial charge >= 0.3 is 6.03 Å². The summed E-state index contributed by atoms with van der Waals surface area (Å²) < 4.78 is 5.62. The van der Waals surface area contributed by atoms with Crippen molar-refractivity contribution in [2.45, 2.75) is 39.9 Å². The molecule has 1 atom stereocenters. The van der Waals surface area contributed by atoms with Crippen molar-refractivity contribution in [2.75, 3.05) is 11.9 Å². The number of nitrogens with one attached hydrogen (secondary N) is 2. The molecule has 2 aromatic rings. The summed E-state index contributed by atoms with van der Waals surface area (Å²) >= 11 is 0. The van der Waals surface area contributed by atoms with Gasteiger partial charge in [0.25, 0.3) is 0 Å². The molecule has 0 aliphatic rings. The van der Waals surface area contributed by atoms with Gasteiger partial charge in [0.05, 0.1) is 12.2 Å². The summed E-state index contributed by atoms with van der Waals surface area (Å²) in [5.74, 6) is 0.700. The van der Waals surface area contributed by atoms with Gasteiger partial charge in [0, 0.05) is 12.2 Å². The Morgan fingerprint density at radius 1 is 1.16 bits per heavy atom. The van der Waals surface area contributed by atoms with Gasteiger partial charge in [-0.05, 0) is 62.6 Å². The zero-order valence-corrected chi connectivity index (χ0v) is 15.2.